The van der Waals surface area contributed by atoms with Crippen LogP contribution in [-0.4, -0.2) is 18.6 Å². The van der Waals surface area contributed by atoms with E-state index in [1.165, 1.54) is 6.42 Å². The maximum absolute atomic E-state index is 5.86. The van der Waals surface area contributed by atoms with E-state index in [1.54, 1.807) is 12.3 Å². The summed E-state index contributed by atoms with van der Waals surface area (Å²) in [4.78, 5) is 6.36. The van der Waals surface area contributed by atoms with Crippen LogP contribution in [0.3, 0.4) is 0 Å². The minimum absolute atomic E-state index is 0.587. The summed E-state index contributed by atoms with van der Waals surface area (Å²) in [6.07, 6.45) is 2.96. The SMILES string of the molecule is CC1CC1CN(C)c1ncc(Cl)cc1N. The smallest absolute Gasteiger partial charge is 0.151 e. The van der Waals surface area contributed by atoms with E-state index in [-0.39, 0.29) is 0 Å². The number of pyridine rings is 1. The number of nitrogens with zero attached hydrogens (tertiary/aromatic N) is 2. The molecule has 0 bridgehead atoms. The molecule has 1 aromatic heterocycles. The Bertz CT molecular complexity index is 367. The van der Waals surface area contributed by atoms with E-state index in [1.807, 2.05) is 7.05 Å². The Balaban J connectivity index is 2.07. The van der Waals surface area contributed by atoms with Crippen molar-refractivity contribution in [3.05, 3.63) is 17.3 Å². The van der Waals surface area contributed by atoms with Gasteiger partial charge in [-0.1, -0.05) is 18.5 Å². The second-order valence-electron chi connectivity index (χ2n) is 4.42. The standard InChI is InChI=1S/C11H16ClN3/c1-7-3-8(7)6-15(2)11-10(13)4-9(12)5-14-11/h4-5,7-8H,3,6,13H2,1-2H3. The quantitative estimate of drug-likeness (QED) is 0.859. The molecule has 82 valence electrons. The molecule has 2 N–H and O–H groups in total. The summed E-state index contributed by atoms with van der Waals surface area (Å²) in [7, 11) is 2.03. The highest BCUT2D eigenvalue weighted by Crippen LogP contribution is 2.39. The molecule has 0 spiro atoms. The lowest BCUT2D eigenvalue weighted by Gasteiger charge is -2.19. The monoisotopic (exact) mass is 225 g/mol. The lowest BCUT2D eigenvalue weighted by molar-refractivity contribution is 0.720. The second-order valence-corrected chi connectivity index (χ2v) is 4.86. The maximum atomic E-state index is 5.86. The van der Waals surface area contributed by atoms with E-state index < -0.39 is 0 Å². The molecule has 1 aromatic rings. The van der Waals surface area contributed by atoms with Gasteiger partial charge in [0.15, 0.2) is 5.82 Å². The molecule has 1 fully saturated rings. The molecule has 1 aliphatic rings. The van der Waals surface area contributed by atoms with Crippen LogP contribution in [0.2, 0.25) is 5.02 Å². The number of hydrogen-bond donors (Lipinski definition) is 1. The third kappa shape index (κ3) is 2.34. The van der Waals surface area contributed by atoms with Gasteiger partial charge in [-0.05, 0) is 24.3 Å². The fourth-order valence-corrected chi connectivity index (χ4v) is 2.02. The number of aromatic nitrogens is 1. The number of rotatable bonds is 3. The zero-order valence-corrected chi connectivity index (χ0v) is 9.83. The topological polar surface area (TPSA) is 42.2 Å². The molecule has 0 radical (unpaired) electrons. The molecule has 1 aliphatic carbocycles. The van der Waals surface area contributed by atoms with Crippen molar-refractivity contribution in [1.82, 2.24) is 4.98 Å². The van der Waals surface area contributed by atoms with Crippen molar-refractivity contribution >= 4 is 23.1 Å². The Labute approximate surface area is 95.2 Å². The first kappa shape index (κ1) is 10.6. The number of nitrogens with two attached hydrogens (primary N) is 1. The van der Waals surface area contributed by atoms with Gasteiger partial charge in [0.2, 0.25) is 0 Å². The van der Waals surface area contributed by atoms with E-state index in [0.717, 1.165) is 24.2 Å². The highest BCUT2D eigenvalue weighted by Gasteiger charge is 2.33. The van der Waals surface area contributed by atoms with Gasteiger partial charge in [-0.25, -0.2) is 4.98 Å². The normalized spacial score (nSPS) is 23.9. The van der Waals surface area contributed by atoms with Crippen molar-refractivity contribution < 1.29 is 0 Å². The minimum atomic E-state index is 0.587. The molecule has 0 aromatic carbocycles. The van der Waals surface area contributed by atoms with Gasteiger partial charge >= 0.3 is 0 Å². The van der Waals surface area contributed by atoms with Crippen LogP contribution in [0, 0.1) is 11.8 Å². The third-order valence-corrected chi connectivity index (χ3v) is 3.21. The first-order valence-corrected chi connectivity index (χ1v) is 5.58. The van der Waals surface area contributed by atoms with Crippen molar-refractivity contribution in [2.24, 2.45) is 11.8 Å². The molecule has 2 atom stereocenters. The number of hydrogen-bond acceptors (Lipinski definition) is 3. The summed E-state index contributed by atoms with van der Waals surface area (Å²) < 4.78 is 0. The summed E-state index contributed by atoms with van der Waals surface area (Å²) >= 11 is 5.80. The van der Waals surface area contributed by atoms with Crippen LogP contribution in [0.1, 0.15) is 13.3 Å². The van der Waals surface area contributed by atoms with Crippen molar-refractivity contribution in [2.75, 3.05) is 24.2 Å². The fourth-order valence-electron chi connectivity index (χ4n) is 1.86. The van der Waals surface area contributed by atoms with Crippen LogP contribution >= 0.6 is 11.6 Å². The average Bonchev–Trinajstić information content (AvgIpc) is 2.81. The summed E-state index contributed by atoms with van der Waals surface area (Å²) in [5, 5.41) is 0.587. The number of nitrogen functional groups attached to an aromatic ring is 1. The van der Waals surface area contributed by atoms with E-state index in [2.05, 4.69) is 16.8 Å². The molecule has 0 aliphatic heterocycles. The highest BCUT2D eigenvalue weighted by molar-refractivity contribution is 6.30. The van der Waals surface area contributed by atoms with Gasteiger partial charge in [-0.15, -0.1) is 0 Å². The first-order valence-electron chi connectivity index (χ1n) is 5.20. The van der Waals surface area contributed by atoms with E-state index in [0.29, 0.717) is 10.7 Å². The lowest BCUT2D eigenvalue weighted by Crippen LogP contribution is -2.22. The summed E-state index contributed by atoms with van der Waals surface area (Å²) in [6.45, 7) is 3.30. The molecule has 2 unspecified atom stereocenters. The van der Waals surface area contributed by atoms with Crippen molar-refractivity contribution in [3.8, 4) is 0 Å². The van der Waals surface area contributed by atoms with Crippen molar-refractivity contribution in [3.63, 3.8) is 0 Å². The molecule has 1 heterocycles. The Hall–Kier alpha value is -0.960. The first-order chi connectivity index (χ1) is 7.08. The van der Waals surface area contributed by atoms with Gasteiger partial charge in [0.05, 0.1) is 10.7 Å². The summed E-state index contributed by atoms with van der Waals surface area (Å²) in [6, 6.07) is 1.75. The Morgan fingerprint density at radius 1 is 1.67 bits per heavy atom. The molecule has 3 nitrogen and oxygen atoms in total. The van der Waals surface area contributed by atoms with Crippen LogP contribution in [0.4, 0.5) is 11.5 Å². The molecular formula is C11H16ClN3. The zero-order chi connectivity index (χ0) is 11.0. The van der Waals surface area contributed by atoms with Crippen LogP contribution in [-0.2, 0) is 0 Å². The zero-order valence-electron chi connectivity index (χ0n) is 9.07. The average molecular weight is 226 g/mol. The molecule has 0 saturated heterocycles. The van der Waals surface area contributed by atoms with Crippen molar-refractivity contribution in [1.29, 1.82) is 0 Å². The predicted molar refractivity (Wildman–Crippen MR) is 64.2 cm³/mol. The number of anilines is 2. The van der Waals surface area contributed by atoms with Gasteiger partial charge < -0.3 is 10.6 Å². The maximum Gasteiger partial charge on any atom is 0.151 e. The third-order valence-electron chi connectivity index (χ3n) is 3.01. The molecular weight excluding hydrogens is 210 g/mol. The van der Waals surface area contributed by atoms with Crippen molar-refractivity contribution in [2.45, 2.75) is 13.3 Å². The fraction of sp³-hybridized carbons (Fsp3) is 0.545. The van der Waals surface area contributed by atoms with E-state index >= 15 is 0 Å². The molecule has 2 rings (SSSR count). The number of halogens is 1. The van der Waals surface area contributed by atoms with Gasteiger partial charge in [0.1, 0.15) is 0 Å². The van der Waals surface area contributed by atoms with Gasteiger partial charge in [-0.3, -0.25) is 0 Å². The van der Waals surface area contributed by atoms with Crippen LogP contribution in [0.15, 0.2) is 12.3 Å². The van der Waals surface area contributed by atoms with E-state index in [9.17, 15) is 0 Å². The van der Waals surface area contributed by atoms with Crippen LogP contribution < -0.4 is 10.6 Å². The molecule has 15 heavy (non-hydrogen) atoms. The lowest BCUT2D eigenvalue weighted by atomic mass is 10.3. The van der Waals surface area contributed by atoms with Crippen LogP contribution in [0.5, 0.6) is 0 Å². The van der Waals surface area contributed by atoms with E-state index in [4.69, 9.17) is 17.3 Å². The highest BCUT2D eigenvalue weighted by atomic mass is 35.5. The second kappa shape index (κ2) is 3.89. The van der Waals surface area contributed by atoms with Gasteiger partial charge in [-0.2, -0.15) is 0 Å². The Morgan fingerprint density at radius 2 is 2.33 bits per heavy atom. The predicted octanol–water partition coefficient (Wildman–Crippen LogP) is 2.41. The van der Waals surface area contributed by atoms with Gasteiger partial charge in [0, 0.05) is 19.8 Å². The Morgan fingerprint density at radius 3 is 2.87 bits per heavy atom. The molecule has 0 amide bonds. The summed E-state index contributed by atoms with van der Waals surface area (Å²) in [5.74, 6) is 2.48. The largest absolute Gasteiger partial charge is 0.396 e. The van der Waals surface area contributed by atoms with Gasteiger partial charge in [0.25, 0.3) is 0 Å². The minimum Gasteiger partial charge on any atom is -0.396 e. The summed E-state index contributed by atoms with van der Waals surface area (Å²) in [5.41, 5.74) is 6.52. The Kier molecular flexibility index (Phi) is 2.74. The molecule has 4 heteroatoms. The van der Waals surface area contributed by atoms with Crippen LogP contribution in [0.25, 0.3) is 0 Å². The molecule has 1 saturated carbocycles.